The van der Waals surface area contributed by atoms with Gasteiger partial charge in [0.05, 0.1) is 19.0 Å². The Kier molecular flexibility index (Phi) is 4.44. The molecule has 1 aromatic carbocycles. The van der Waals surface area contributed by atoms with Crippen molar-refractivity contribution in [2.45, 2.75) is 32.2 Å². The maximum Gasteiger partial charge on any atom is 0.156 e. The Labute approximate surface area is 166 Å². The minimum absolute atomic E-state index is 0.528. The summed E-state index contributed by atoms with van der Waals surface area (Å²) in [5, 5.41) is 8.79. The Morgan fingerprint density at radius 3 is 2.86 bits per heavy atom. The number of nitrogens with zero attached hydrogens (tertiary/aromatic N) is 3. The summed E-state index contributed by atoms with van der Waals surface area (Å²) in [5.41, 5.74) is 3.22. The van der Waals surface area contributed by atoms with Crippen LogP contribution in [0.25, 0.3) is 21.5 Å². The van der Waals surface area contributed by atoms with Gasteiger partial charge in [-0.25, -0.2) is 9.97 Å². The van der Waals surface area contributed by atoms with Gasteiger partial charge in [0.1, 0.15) is 28.4 Å². The summed E-state index contributed by atoms with van der Waals surface area (Å²) in [5.74, 6) is 2.47. The van der Waals surface area contributed by atoms with Crippen molar-refractivity contribution in [1.29, 1.82) is 0 Å². The average molecular weight is 392 g/mol. The lowest BCUT2D eigenvalue weighted by atomic mass is 9.97. The van der Waals surface area contributed by atoms with Crippen molar-refractivity contribution < 1.29 is 9.26 Å². The standard InChI is InChI=1S/C21H20N4O2S/c1-26-14-8-6-13(7-9-14)17-10-15(27-25-17)11-22-20-19-16-4-2-3-5-18(16)28-21(19)24-12-23-20/h6-10,12H,2-5,11H2,1H3,(H,22,23,24). The summed E-state index contributed by atoms with van der Waals surface area (Å²) in [6, 6.07) is 9.73. The molecule has 1 aliphatic rings. The van der Waals surface area contributed by atoms with Gasteiger partial charge in [-0.05, 0) is 55.5 Å². The molecule has 1 aliphatic carbocycles. The molecule has 3 aromatic heterocycles. The number of rotatable bonds is 5. The van der Waals surface area contributed by atoms with E-state index in [0.29, 0.717) is 6.54 Å². The fourth-order valence-electron chi connectivity index (χ4n) is 3.69. The normalized spacial score (nSPS) is 13.5. The largest absolute Gasteiger partial charge is 0.497 e. The van der Waals surface area contributed by atoms with E-state index in [1.807, 2.05) is 30.3 Å². The molecule has 0 bridgehead atoms. The number of anilines is 1. The monoisotopic (exact) mass is 392 g/mol. The molecule has 0 saturated carbocycles. The summed E-state index contributed by atoms with van der Waals surface area (Å²) < 4.78 is 10.7. The zero-order valence-electron chi connectivity index (χ0n) is 15.6. The molecule has 0 radical (unpaired) electrons. The number of hydrogen-bond donors (Lipinski definition) is 1. The first-order valence-corrected chi connectivity index (χ1v) is 10.2. The third-order valence-electron chi connectivity index (χ3n) is 5.13. The molecule has 0 amide bonds. The van der Waals surface area contributed by atoms with Gasteiger partial charge in [0.25, 0.3) is 0 Å². The van der Waals surface area contributed by atoms with E-state index in [1.54, 1.807) is 24.8 Å². The van der Waals surface area contributed by atoms with Gasteiger partial charge in [-0.3, -0.25) is 0 Å². The second kappa shape index (κ2) is 7.24. The smallest absolute Gasteiger partial charge is 0.156 e. The predicted molar refractivity (Wildman–Crippen MR) is 110 cm³/mol. The highest BCUT2D eigenvalue weighted by molar-refractivity contribution is 7.19. The Balaban J connectivity index is 1.37. The number of methoxy groups -OCH3 is 1. The van der Waals surface area contributed by atoms with E-state index in [1.165, 1.54) is 28.7 Å². The van der Waals surface area contributed by atoms with E-state index in [9.17, 15) is 0 Å². The Morgan fingerprint density at radius 1 is 1.14 bits per heavy atom. The number of hydrogen-bond acceptors (Lipinski definition) is 7. The number of ether oxygens (including phenoxy) is 1. The van der Waals surface area contributed by atoms with Gasteiger partial charge >= 0.3 is 0 Å². The van der Waals surface area contributed by atoms with Crippen molar-refractivity contribution in [1.82, 2.24) is 15.1 Å². The quantitative estimate of drug-likeness (QED) is 0.524. The fourth-order valence-corrected chi connectivity index (χ4v) is 4.92. The molecule has 6 nitrogen and oxygen atoms in total. The van der Waals surface area contributed by atoms with Gasteiger partial charge in [-0.15, -0.1) is 11.3 Å². The molecule has 0 saturated heterocycles. The van der Waals surface area contributed by atoms with E-state index in [-0.39, 0.29) is 0 Å². The molecular formula is C21H20N4O2S. The minimum Gasteiger partial charge on any atom is -0.497 e. The number of benzene rings is 1. The lowest BCUT2D eigenvalue weighted by Gasteiger charge is -2.11. The van der Waals surface area contributed by atoms with E-state index < -0.39 is 0 Å². The van der Waals surface area contributed by atoms with Crippen molar-refractivity contribution in [3.8, 4) is 17.0 Å². The van der Waals surface area contributed by atoms with Gasteiger partial charge in [0.2, 0.25) is 0 Å². The molecule has 142 valence electrons. The van der Waals surface area contributed by atoms with E-state index in [4.69, 9.17) is 9.26 Å². The van der Waals surface area contributed by atoms with Crippen LogP contribution in [0.5, 0.6) is 5.75 Å². The summed E-state index contributed by atoms with van der Waals surface area (Å²) in [6.07, 6.45) is 6.41. The first-order valence-electron chi connectivity index (χ1n) is 9.41. The zero-order valence-corrected chi connectivity index (χ0v) is 16.4. The van der Waals surface area contributed by atoms with Crippen LogP contribution in [0, 0.1) is 0 Å². The van der Waals surface area contributed by atoms with Crippen LogP contribution in [-0.2, 0) is 19.4 Å². The highest BCUT2D eigenvalue weighted by atomic mass is 32.1. The van der Waals surface area contributed by atoms with Crippen molar-refractivity contribution in [3.63, 3.8) is 0 Å². The third kappa shape index (κ3) is 3.11. The van der Waals surface area contributed by atoms with Gasteiger partial charge < -0.3 is 14.6 Å². The molecule has 28 heavy (non-hydrogen) atoms. The Hall–Kier alpha value is -2.93. The van der Waals surface area contributed by atoms with Crippen molar-refractivity contribution in [3.05, 3.63) is 52.9 Å². The molecule has 0 spiro atoms. The van der Waals surface area contributed by atoms with E-state index in [0.717, 1.165) is 46.3 Å². The van der Waals surface area contributed by atoms with Crippen LogP contribution in [0.15, 0.2) is 41.2 Å². The summed E-state index contributed by atoms with van der Waals surface area (Å²) >= 11 is 1.80. The van der Waals surface area contributed by atoms with Crippen molar-refractivity contribution >= 4 is 27.4 Å². The van der Waals surface area contributed by atoms with Crippen LogP contribution in [0.1, 0.15) is 29.0 Å². The summed E-state index contributed by atoms with van der Waals surface area (Å²) in [4.78, 5) is 11.5. The Morgan fingerprint density at radius 2 is 2.00 bits per heavy atom. The predicted octanol–water partition coefficient (Wildman–Crippen LogP) is 4.85. The zero-order chi connectivity index (χ0) is 18.9. The number of aromatic nitrogens is 3. The van der Waals surface area contributed by atoms with Crippen molar-refractivity contribution in [2.24, 2.45) is 0 Å². The van der Waals surface area contributed by atoms with Crippen LogP contribution in [-0.4, -0.2) is 22.2 Å². The highest BCUT2D eigenvalue weighted by Crippen LogP contribution is 2.38. The summed E-state index contributed by atoms with van der Waals surface area (Å²) in [7, 11) is 1.66. The molecule has 0 unspecified atom stereocenters. The highest BCUT2D eigenvalue weighted by Gasteiger charge is 2.20. The molecule has 3 heterocycles. The first-order chi connectivity index (χ1) is 13.8. The lowest BCUT2D eigenvalue weighted by Crippen LogP contribution is -2.04. The number of aryl methyl sites for hydroxylation is 2. The van der Waals surface area contributed by atoms with Crippen LogP contribution in [0.4, 0.5) is 5.82 Å². The topological polar surface area (TPSA) is 73.1 Å². The van der Waals surface area contributed by atoms with E-state index >= 15 is 0 Å². The molecular weight excluding hydrogens is 372 g/mol. The minimum atomic E-state index is 0.528. The molecule has 4 aromatic rings. The number of thiophene rings is 1. The second-order valence-corrected chi connectivity index (χ2v) is 7.96. The maximum atomic E-state index is 5.52. The van der Waals surface area contributed by atoms with Gasteiger partial charge in [0.15, 0.2) is 5.76 Å². The fraction of sp³-hybridized carbons (Fsp3) is 0.286. The molecule has 1 N–H and O–H groups in total. The SMILES string of the molecule is COc1ccc(-c2cc(CNc3ncnc4sc5c(c34)CCCC5)on2)cc1. The average Bonchev–Trinajstić information content (AvgIpc) is 3.37. The van der Waals surface area contributed by atoms with Crippen LogP contribution < -0.4 is 10.1 Å². The number of fused-ring (bicyclic) bond motifs is 3. The molecule has 5 rings (SSSR count). The lowest BCUT2D eigenvalue weighted by molar-refractivity contribution is 0.390. The van der Waals surface area contributed by atoms with Crippen LogP contribution in [0.2, 0.25) is 0 Å². The third-order valence-corrected chi connectivity index (χ3v) is 6.33. The summed E-state index contributed by atoms with van der Waals surface area (Å²) in [6.45, 7) is 0.528. The molecule has 7 heteroatoms. The number of nitrogens with one attached hydrogen (secondary N) is 1. The Bertz CT molecular complexity index is 1120. The van der Waals surface area contributed by atoms with Gasteiger partial charge in [0, 0.05) is 16.5 Å². The second-order valence-electron chi connectivity index (χ2n) is 6.87. The van der Waals surface area contributed by atoms with Crippen LogP contribution >= 0.6 is 11.3 Å². The van der Waals surface area contributed by atoms with Gasteiger partial charge in [-0.2, -0.15) is 0 Å². The van der Waals surface area contributed by atoms with Crippen molar-refractivity contribution in [2.75, 3.05) is 12.4 Å². The van der Waals surface area contributed by atoms with Gasteiger partial charge in [-0.1, -0.05) is 5.16 Å². The molecule has 0 aliphatic heterocycles. The molecule has 0 fully saturated rings. The van der Waals surface area contributed by atoms with E-state index in [2.05, 4.69) is 20.4 Å². The first kappa shape index (κ1) is 17.2. The maximum absolute atomic E-state index is 5.52. The molecule has 0 atom stereocenters. The van der Waals surface area contributed by atoms with Crippen LogP contribution in [0.3, 0.4) is 0 Å².